The van der Waals surface area contributed by atoms with E-state index >= 15 is 0 Å². The molecular weight excluding hydrogens is 344 g/mol. The van der Waals surface area contributed by atoms with E-state index in [1.54, 1.807) is 48.5 Å². The Kier molecular flexibility index (Phi) is 4.32. The first-order valence-corrected chi connectivity index (χ1v) is 8.91. The van der Waals surface area contributed by atoms with E-state index in [4.69, 9.17) is 0 Å². The first-order valence-electron chi connectivity index (χ1n) is 8.91. The summed E-state index contributed by atoms with van der Waals surface area (Å²) in [6, 6.07) is 14.1. The molecule has 0 unspecified atom stereocenters. The van der Waals surface area contributed by atoms with Gasteiger partial charge in [0.2, 0.25) is 11.8 Å². The van der Waals surface area contributed by atoms with Gasteiger partial charge in [-0.3, -0.25) is 29.0 Å². The van der Waals surface area contributed by atoms with Crippen LogP contribution < -0.4 is 0 Å². The molecule has 0 bridgehead atoms. The van der Waals surface area contributed by atoms with E-state index in [0.29, 0.717) is 17.5 Å². The Morgan fingerprint density at radius 1 is 0.630 bits per heavy atom. The molecule has 4 amide bonds. The fourth-order valence-electron chi connectivity index (χ4n) is 3.64. The number of amides is 4. The van der Waals surface area contributed by atoms with Crippen LogP contribution in [0.25, 0.3) is 0 Å². The van der Waals surface area contributed by atoms with Gasteiger partial charge < -0.3 is 0 Å². The number of hydrogen-bond acceptors (Lipinski definition) is 4. The number of nitrogens with zero attached hydrogens (tertiary/aromatic N) is 2. The average molecular weight is 362 g/mol. The fraction of sp³-hybridized carbons (Fsp3) is 0.238. The van der Waals surface area contributed by atoms with Gasteiger partial charge in [-0.05, 0) is 29.7 Å². The van der Waals surface area contributed by atoms with Crippen molar-refractivity contribution in [3.8, 4) is 0 Å². The van der Waals surface area contributed by atoms with Gasteiger partial charge in [0.1, 0.15) is 0 Å². The number of hydrogen-bond donors (Lipinski definition) is 0. The highest BCUT2D eigenvalue weighted by Crippen LogP contribution is 2.22. The van der Waals surface area contributed by atoms with E-state index in [0.717, 1.165) is 11.1 Å². The summed E-state index contributed by atoms with van der Waals surface area (Å²) in [4.78, 5) is 52.2. The van der Waals surface area contributed by atoms with E-state index in [9.17, 15) is 19.2 Å². The number of fused-ring (bicyclic) bond motifs is 2. The molecule has 0 N–H and O–H groups in total. The summed E-state index contributed by atoms with van der Waals surface area (Å²) in [5.74, 6) is -1.13. The highest BCUT2D eigenvalue weighted by Gasteiger charge is 2.32. The van der Waals surface area contributed by atoms with Crippen molar-refractivity contribution >= 4 is 23.6 Å². The van der Waals surface area contributed by atoms with Gasteiger partial charge in [-0.15, -0.1) is 0 Å². The quantitative estimate of drug-likeness (QED) is 0.778. The largest absolute Gasteiger partial charge is 0.278 e. The van der Waals surface area contributed by atoms with Crippen LogP contribution in [0.15, 0.2) is 48.5 Å². The summed E-state index contributed by atoms with van der Waals surface area (Å²) < 4.78 is 0. The molecule has 0 atom stereocenters. The third-order valence-corrected chi connectivity index (χ3v) is 5.03. The molecule has 4 rings (SSSR count). The number of benzene rings is 2. The van der Waals surface area contributed by atoms with Crippen molar-refractivity contribution in [1.82, 2.24) is 9.80 Å². The Balaban J connectivity index is 1.43. The molecule has 0 aromatic heterocycles. The summed E-state index contributed by atoms with van der Waals surface area (Å²) in [6.45, 7) is 0.370. The van der Waals surface area contributed by atoms with Crippen LogP contribution in [0.5, 0.6) is 0 Å². The SMILES string of the molecule is O=C1Cc2ccccc2C(=O)N1CCCN1C(=O)Cc2ccccc2C1=O. The van der Waals surface area contributed by atoms with Crippen molar-refractivity contribution in [2.75, 3.05) is 13.1 Å². The third-order valence-electron chi connectivity index (χ3n) is 5.03. The highest BCUT2D eigenvalue weighted by molar-refractivity contribution is 6.10. The monoisotopic (exact) mass is 362 g/mol. The van der Waals surface area contributed by atoms with Gasteiger partial charge in [0.05, 0.1) is 12.8 Å². The minimum atomic E-state index is -0.316. The van der Waals surface area contributed by atoms with Crippen LogP contribution >= 0.6 is 0 Å². The van der Waals surface area contributed by atoms with Crippen molar-refractivity contribution in [3.63, 3.8) is 0 Å². The van der Waals surface area contributed by atoms with E-state index in [-0.39, 0.29) is 49.6 Å². The zero-order chi connectivity index (χ0) is 19.0. The van der Waals surface area contributed by atoms with Crippen molar-refractivity contribution < 1.29 is 19.2 Å². The maximum Gasteiger partial charge on any atom is 0.260 e. The molecule has 2 aromatic rings. The number of carbonyl (C=O) groups excluding carboxylic acids is 4. The number of rotatable bonds is 4. The Hall–Kier alpha value is -3.28. The standard InChI is InChI=1S/C21H18N2O4/c24-18-12-14-6-1-3-8-16(14)20(26)22(18)10-5-11-23-19(25)13-15-7-2-4-9-17(15)21(23)27/h1-4,6-9H,5,10-13H2. The van der Waals surface area contributed by atoms with E-state index in [2.05, 4.69) is 0 Å². The molecule has 27 heavy (non-hydrogen) atoms. The Morgan fingerprint density at radius 3 is 1.48 bits per heavy atom. The summed E-state index contributed by atoms with van der Waals surface area (Å²) >= 11 is 0. The molecule has 0 aliphatic carbocycles. The molecule has 2 heterocycles. The van der Waals surface area contributed by atoms with Gasteiger partial charge in [0, 0.05) is 24.2 Å². The first-order chi connectivity index (χ1) is 13.1. The van der Waals surface area contributed by atoms with Crippen molar-refractivity contribution in [1.29, 1.82) is 0 Å². The second-order valence-corrected chi connectivity index (χ2v) is 6.72. The predicted molar refractivity (Wildman–Crippen MR) is 97.0 cm³/mol. The lowest BCUT2D eigenvalue weighted by molar-refractivity contribution is -0.128. The highest BCUT2D eigenvalue weighted by atomic mass is 16.2. The molecule has 2 aromatic carbocycles. The maximum absolute atomic E-state index is 12.6. The fourth-order valence-corrected chi connectivity index (χ4v) is 3.64. The smallest absolute Gasteiger partial charge is 0.260 e. The van der Waals surface area contributed by atoms with Gasteiger partial charge in [0.25, 0.3) is 11.8 Å². The molecule has 6 nitrogen and oxygen atoms in total. The Bertz CT molecular complexity index is 889. The number of carbonyl (C=O) groups is 4. The predicted octanol–water partition coefficient (Wildman–Crippen LogP) is 1.83. The zero-order valence-corrected chi connectivity index (χ0v) is 14.7. The molecule has 2 aliphatic rings. The van der Waals surface area contributed by atoms with Crippen LogP contribution in [0, 0.1) is 0 Å². The van der Waals surface area contributed by atoms with Crippen molar-refractivity contribution in [3.05, 3.63) is 70.8 Å². The van der Waals surface area contributed by atoms with Gasteiger partial charge in [0.15, 0.2) is 0 Å². The van der Waals surface area contributed by atoms with Gasteiger partial charge in [-0.1, -0.05) is 36.4 Å². The first kappa shape index (κ1) is 17.1. The van der Waals surface area contributed by atoms with Crippen LogP contribution in [-0.4, -0.2) is 46.5 Å². The van der Waals surface area contributed by atoms with Gasteiger partial charge in [-0.25, -0.2) is 0 Å². The van der Waals surface area contributed by atoms with Crippen LogP contribution in [0.1, 0.15) is 38.3 Å². The molecule has 0 saturated carbocycles. The molecule has 0 fully saturated rings. The number of imide groups is 2. The third kappa shape index (κ3) is 3.03. The minimum Gasteiger partial charge on any atom is -0.278 e. The molecule has 136 valence electrons. The lowest BCUT2D eigenvalue weighted by Crippen LogP contribution is -2.46. The van der Waals surface area contributed by atoms with Crippen LogP contribution in [0.4, 0.5) is 0 Å². The zero-order valence-electron chi connectivity index (χ0n) is 14.7. The second-order valence-electron chi connectivity index (χ2n) is 6.72. The van der Waals surface area contributed by atoms with E-state index < -0.39 is 0 Å². The maximum atomic E-state index is 12.6. The van der Waals surface area contributed by atoms with Crippen molar-refractivity contribution in [2.45, 2.75) is 19.3 Å². The molecule has 0 saturated heterocycles. The lowest BCUT2D eigenvalue weighted by atomic mass is 9.97. The summed E-state index contributed by atoms with van der Waals surface area (Å²) in [5, 5.41) is 0. The van der Waals surface area contributed by atoms with Crippen LogP contribution in [0.2, 0.25) is 0 Å². The van der Waals surface area contributed by atoms with Crippen molar-refractivity contribution in [2.24, 2.45) is 0 Å². The lowest BCUT2D eigenvalue weighted by Gasteiger charge is -2.29. The second kappa shape index (κ2) is 6.79. The molecule has 6 heteroatoms. The summed E-state index contributed by atoms with van der Waals surface area (Å²) in [5.41, 5.74) is 2.55. The average Bonchev–Trinajstić information content (AvgIpc) is 2.66. The van der Waals surface area contributed by atoms with E-state index in [1.807, 2.05) is 0 Å². The van der Waals surface area contributed by atoms with E-state index in [1.165, 1.54) is 9.80 Å². The van der Waals surface area contributed by atoms with Gasteiger partial charge in [-0.2, -0.15) is 0 Å². The van der Waals surface area contributed by atoms with Crippen LogP contribution in [0.3, 0.4) is 0 Å². The topological polar surface area (TPSA) is 74.8 Å². The van der Waals surface area contributed by atoms with Crippen LogP contribution in [-0.2, 0) is 22.4 Å². The molecule has 0 radical (unpaired) electrons. The molecule has 0 spiro atoms. The molecular formula is C21H18N2O4. The normalized spacial score (nSPS) is 16.4. The Labute approximate surface area is 156 Å². The Morgan fingerprint density at radius 2 is 1.04 bits per heavy atom. The molecule has 2 aliphatic heterocycles. The van der Waals surface area contributed by atoms with Gasteiger partial charge >= 0.3 is 0 Å². The minimum absolute atomic E-state index is 0.185. The summed E-state index contributed by atoms with van der Waals surface area (Å²) in [6.07, 6.45) is 0.743. The summed E-state index contributed by atoms with van der Waals surface area (Å²) in [7, 11) is 0.